The third-order valence-electron chi connectivity index (χ3n) is 5.60. The molecule has 0 unspecified atom stereocenters. The molecule has 1 aromatic heterocycles. The molecule has 0 aliphatic heterocycles. The first-order valence-corrected chi connectivity index (χ1v) is 10.2. The lowest BCUT2D eigenvalue weighted by atomic mass is 10.1. The first-order chi connectivity index (χ1) is 13.3. The van der Waals surface area contributed by atoms with Crippen LogP contribution in [0.1, 0.15) is 37.3 Å². The third-order valence-corrected chi connectivity index (χ3v) is 5.60. The zero-order chi connectivity index (χ0) is 18.5. The molecular formula is C24H29NO2. The molecule has 1 aliphatic rings. The fraction of sp³-hybridized carbons (Fsp3) is 0.417. The number of nitrogens with zero attached hydrogens (tertiary/aromatic N) is 1. The molecule has 0 atom stereocenters. The fourth-order valence-corrected chi connectivity index (χ4v) is 4.24. The molecule has 3 heteroatoms. The maximum absolute atomic E-state index is 5.98. The standard InChI is InChI=1S/C24H29NO2/c1-2-13-25(22-17-20-8-3-4-9-21(20)18-22)14-5-6-15-26-23-11-7-10-19-12-16-27-24(19)23/h3-4,7-12,16,22H,2,5-6,13-15,17-18H2,1H3. The quantitative estimate of drug-likeness (QED) is 0.471. The van der Waals surface area contributed by atoms with E-state index in [-0.39, 0.29) is 0 Å². The van der Waals surface area contributed by atoms with Crippen molar-refractivity contribution in [1.82, 2.24) is 4.90 Å². The Morgan fingerprint density at radius 2 is 1.78 bits per heavy atom. The summed E-state index contributed by atoms with van der Waals surface area (Å²) in [6.45, 7) is 5.36. The smallest absolute Gasteiger partial charge is 0.175 e. The number of fused-ring (bicyclic) bond motifs is 2. The summed E-state index contributed by atoms with van der Waals surface area (Å²) in [6, 6.07) is 17.6. The van der Waals surface area contributed by atoms with E-state index in [1.165, 1.54) is 32.2 Å². The highest BCUT2D eigenvalue weighted by molar-refractivity contribution is 5.82. The van der Waals surface area contributed by atoms with Gasteiger partial charge < -0.3 is 9.15 Å². The van der Waals surface area contributed by atoms with Crippen LogP contribution >= 0.6 is 0 Å². The maximum atomic E-state index is 5.98. The van der Waals surface area contributed by atoms with Crippen molar-refractivity contribution in [3.63, 3.8) is 0 Å². The number of ether oxygens (including phenoxy) is 1. The van der Waals surface area contributed by atoms with E-state index in [0.717, 1.165) is 36.3 Å². The van der Waals surface area contributed by atoms with E-state index in [1.54, 1.807) is 17.4 Å². The molecular weight excluding hydrogens is 334 g/mol. The minimum absolute atomic E-state index is 0.667. The molecule has 0 saturated heterocycles. The van der Waals surface area contributed by atoms with Crippen molar-refractivity contribution in [2.24, 2.45) is 0 Å². The van der Waals surface area contributed by atoms with E-state index < -0.39 is 0 Å². The first-order valence-electron chi connectivity index (χ1n) is 10.2. The molecule has 142 valence electrons. The van der Waals surface area contributed by atoms with Crippen LogP contribution in [-0.2, 0) is 12.8 Å². The van der Waals surface area contributed by atoms with E-state index in [0.29, 0.717) is 6.04 Å². The van der Waals surface area contributed by atoms with Gasteiger partial charge in [-0.15, -0.1) is 0 Å². The van der Waals surface area contributed by atoms with Gasteiger partial charge in [-0.2, -0.15) is 0 Å². The predicted molar refractivity (Wildman–Crippen MR) is 110 cm³/mol. The van der Waals surface area contributed by atoms with Crippen LogP contribution in [0.3, 0.4) is 0 Å². The van der Waals surface area contributed by atoms with E-state index in [4.69, 9.17) is 9.15 Å². The number of rotatable bonds is 9. The Hall–Kier alpha value is -2.26. The number of hydrogen-bond acceptors (Lipinski definition) is 3. The lowest BCUT2D eigenvalue weighted by Crippen LogP contribution is -2.37. The molecule has 2 aromatic carbocycles. The summed E-state index contributed by atoms with van der Waals surface area (Å²) < 4.78 is 11.5. The highest BCUT2D eigenvalue weighted by Crippen LogP contribution is 2.27. The molecule has 0 radical (unpaired) electrons. The van der Waals surface area contributed by atoms with Crippen LogP contribution in [0.5, 0.6) is 5.75 Å². The monoisotopic (exact) mass is 363 g/mol. The molecule has 1 aliphatic carbocycles. The van der Waals surface area contributed by atoms with Crippen molar-refractivity contribution >= 4 is 11.0 Å². The van der Waals surface area contributed by atoms with Crippen molar-refractivity contribution in [2.75, 3.05) is 19.7 Å². The number of para-hydroxylation sites is 1. The van der Waals surface area contributed by atoms with Gasteiger partial charge in [0.05, 0.1) is 12.9 Å². The first kappa shape index (κ1) is 18.1. The van der Waals surface area contributed by atoms with Gasteiger partial charge >= 0.3 is 0 Å². The number of furan rings is 1. The Balaban J connectivity index is 1.25. The highest BCUT2D eigenvalue weighted by Gasteiger charge is 2.25. The average Bonchev–Trinajstić information content (AvgIpc) is 3.33. The maximum Gasteiger partial charge on any atom is 0.175 e. The van der Waals surface area contributed by atoms with Crippen LogP contribution in [0.25, 0.3) is 11.0 Å². The van der Waals surface area contributed by atoms with Gasteiger partial charge in [-0.05, 0) is 68.5 Å². The minimum Gasteiger partial charge on any atom is -0.490 e. The molecule has 4 rings (SSSR count). The summed E-state index contributed by atoms with van der Waals surface area (Å²) >= 11 is 0. The van der Waals surface area contributed by atoms with Gasteiger partial charge in [-0.25, -0.2) is 0 Å². The van der Waals surface area contributed by atoms with Crippen LogP contribution < -0.4 is 4.74 Å². The van der Waals surface area contributed by atoms with E-state index in [1.807, 2.05) is 24.3 Å². The van der Waals surface area contributed by atoms with Gasteiger partial charge in [-0.1, -0.05) is 43.3 Å². The van der Waals surface area contributed by atoms with Crippen molar-refractivity contribution in [1.29, 1.82) is 0 Å². The van der Waals surface area contributed by atoms with Crippen LogP contribution in [0.4, 0.5) is 0 Å². The normalized spacial score (nSPS) is 14.1. The Morgan fingerprint density at radius 3 is 2.56 bits per heavy atom. The Bertz CT molecular complexity index is 844. The van der Waals surface area contributed by atoms with E-state index in [2.05, 4.69) is 36.1 Å². The van der Waals surface area contributed by atoms with Crippen molar-refractivity contribution in [3.8, 4) is 5.75 Å². The van der Waals surface area contributed by atoms with Crippen molar-refractivity contribution < 1.29 is 9.15 Å². The Kier molecular flexibility index (Phi) is 5.78. The van der Waals surface area contributed by atoms with Gasteiger partial charge in [0, 0.05) is 11.4 Å². The summed E-state index contributed by atoms with van der Waals surface area (Å²) in [7, 11) is 0. The van der Waals surface area contributed by atoms with Crippen molar-refractivity contribution in [3.05, 3.63) is 65.9 Å². The molecule has 0 spiro atoms. The number of hydrogen-bond donors (Lipinski definition) is 0. The summed E-state index contributed by atoms with van der Waals surface area (Å²) in [5.74, 6) is 0.856. The molecule has 3 aromatic rings. The molecule has 0 amide bonds. The largest absolute Gasteiger partial charge is 0.490 e. The van der Waals surface area contributed by atoms with Crippen LogP contribution in [0.2, 0.25) is 0 Å². The van der Waals surface area contributed by atoms with Gasteiger partial charge in [0.25, 0.3) is 0 Å². The minimum atomic E-state index is 0.667. The second kappa shape index (κ2) is 8.62. The lowest BCUT2D eigenvalue weighted by molar-refractivity contribution is 0.191. The average molecular weight is 364 g/mol. The van der Waals surface area contributed by atoms with Crippen LogP contribution in [-0.4, -0.2) is 30.6 Å². The summed E-state index contributed by atoms with van der Waals surface area (Å²) in [5, 5.41) is 1.10. The van der Waals surface area contributed by atoms with Gasteiger partial charge in [-0.3, -0.25) is 4.90 Å². The van der Waals surface area contributed by atoms with Crippen LogP contribution in [0.15, 0.2) is 59.2 Å². The fourth-order valence-electron chi connectivity index (χ4n) is 4.24. The summed E-state index contributed by atoms with van der Waals surface area (Å²) in [5.41, 5.74) is 3.94. The predicted octanol–water partition coefficient (Wildman–Crippen LogP) is 5.47. The molecule has 0 saturated carbocycles. The second-order valence-corrected chi connectivity index (χ2v) is 7.52. The zero-order valence-electron chi connectivity index (χ0n) is 16.2. The van der Waals surface area contributed by atoms with Crippen LogP contribution in [0, 0.1) is 0 Å². The Labute approximate surface area is 161 Å². The third kappa shape index (κ3) is 4.19. The SMILES string of the molecule is CCCN(CCCCOc1cccc2ccoc12)C1Cc2ccccc2C1. The molecule has 0 bridgehead atoms. The van der Waals surface area contributed by atoms with Gasteiger partial charge in [0.15, 0.2) is 11.3 Å². The van der Waals surface area contributed by atoms with Crippen molar-refractivity contribution in [2.45, 2.75) is 45.1 Å². The van der Waals surface area contributed by atoms with E-state index >= 15 is 0 Å². The Morgan fingerprint density at radius 1 is 0.963 bits per heavy atom. The zero-order valence-corrected chi connectivity index (χ0v) is 16.2. The molecule has 27 heavy (non-hydrogen) atoms. The number of unbranched alkanes of at least 4 members (excludes halogenated alkanes) is 1. The van der Waals surface area contributed by atoms with Gasteiger partial charge in [0.2, 0.25) is 0 Å². The topological polar surface area (TPSA) is 25.6 Å². The molecule has 1 heterocycles. The highest BCUT2D eigenvalue weighted by atomic mass is 16.5. The summed E-state index contributed by atoms with van der Waals surface area (Å²) in [4.78, 5) is 2.69. The number of benzene rings is 2. The summed E-state index contributed by atoms with van der Waals surface area (Å²) in [6.07, 6.45) is 7.57. The lowest BCUT2D eigenvalue weighted by Gasteiger charge is -2.28. The molecule has 0 fully saturated rings. The van der Waals surface area contributed by atoms with Gasteiger partial charge in [0.1, 0.15) is 0 Å². The second-order valence-electron chi connectivity index (χ2n) is 7.52. The molecule has 0 N–H and O–H groups in total. The molecule has 3 nitrogen and oxygen atoms in total. The van der Waals surface area contributed by atoms with E-state index in [9.17, 15) is 0 Å².